The number of rotatable bonds is 11. The van der Waals surface area contributed by atoms with Crippen LogP contribution < -0.4 is 27.0 Å². The smallest absolute Gasteiger partial charge is 0.330 e. The Labute approximate surface area is 202 Å². The van der Waals surface area contributed by atoms with Crippen molar-refractivity contribution in [2.45, 2.75) is 59.5 Å². The average molecular weight is 485 g/mol. The van der Waals surface area contributed by atoms with Gasteiger partial charge in [0.2, 0.25) is 11.8 Å². The summed E-state index contributed by atoms with van der Waals surface area (Å²) in [6, 6.07) is 4.53. The predicted octanol–water partition coefficient (Wildman–Crippen LogP) is 2.02. The molecule has 4 N–H and O–H groups in total. The van der Waals surface area contributed by atoms with Crippen molar-refractivity contribution in [3.8, 4) is 5.75 Å². The van der Waals surface area contributed by atoms with Crippen LogP contribution in [-0.2, 0) is 24.3 Å². The van der Waals surface area contributed by atoms with E-state index in [0.717, 1.165) is 12.8 Å². The molecule has 0 spiro atoms. The summed E-state index contributed by atoms with van der Waals surface area (Å²) < 4.78 is 8.54. The van der Waals surface area contributed by atoms with E-state index in [4.69, 9.17) is 10.5 Å². The zero-order valence-electron chi connectivity index (χ0n) is 20.5. The highest BCUT2D eigenvalue weighted by atomic mass is 16.5. The van der Waals surface area contributed by atoms with Crippen molar-refractivity contribution >= 4 is 28.7 Å². The number of ether oxygens (including phenoxy) is 1. The summed E-state index contributed by atoms with van der Waals surface area (Å²) in [6.45, 7) is 7.00. The molecule has 0 atom stereocenters. The molecule has 0 aliphatic carbocycles. The third-order valence-corrected chi connectivity index (χ3v) is 5.58. The third-order valence-electron chi connectivity index (χ3n) is 5.58. The van der Waals surface area contributed by atoms with Crippen molar-refractivity contribution in [2.24, 2.45) is 11.7 Å². The normalized spacial score (nSPS) is 11.2. The number of benzene rings is 1. The Hall–Kier alpha value is -3.89. The molecule has 11 heteroatoms. The van der Waals surface area contributed by atoms with E-state index in [-0.39, 0.29) is 30.2 Å². The number of H-pyrrole nitrogens is 1. The summed E-state index contributed by atoms with van der Waals surface area (Å²) in [4.78, 5) is 56.5. The number of nitrogens with two attached hydrogens (primary N) is 1. The maximum absolute atomic E-state index is 12.8. The number of carbonyl (C=O) groups excluding carboxylic acids is 2. The second-order valence-corrected chi connectivity index (χ2v) is 8.80. The summed E-state index contributed by atoms with van der Waals surface area (Å²) in [5, 5.41) is 2.75. The van der Waals surface area contributed by atoms with E-state index in [1.165, 1.54) is 23.8 Å². The zero-order chi connectivity index (χ0) is 25.7. The Morgan fingerprint density at radius 3 is 2.60 bits per heavy atom. The van der Waals surface area contributed by atoms with Crippen molar-refractivity contribution < 1.29 is 14.3 Å². The highest BCUT2D eigenvalue weighted by Gasteiger charge is 2.20. The Morgan fingerprint density at radius 1 is 1.23 bits per heavy atom. The second kappa shape index (κ2) is 11.0. The molecule has 0 aliphatic rings. The molecule has 0 bridgehead atoms. The van der Waals surface area contributed by atoms with Gasteiger partial charge in [-0.2, -0.15) is 0 Å². The van der Waals surface area contributed by atoms with Gasteiger partial charge in [-0.05, 0) is 30.5 Å². The number of hydrogen-bond donors (Lipinski definition) is 3. The number of carbonyl (C=O) groups is 2. The number of fused-ring (bicyclic) bond motifs is 1. The van der Waals surface area contributed by atoms with Gasteiger partial charge < -0.3 is 20.4 Å². The number of hydrogen-bond acceptors (Lipinski definition) is 6. The molecule has 0 aliphatic heterocycles. The van der Waals surface area contributed by atoms with Gasteiger partial charge in [-0.25, -0.2) is 9.78 Å². The van der Waals surface area contributed by atoms with E-state index in [2.05, 4.69) is 15.3 Å². The Kier molecular flexibility index (Phi) is 8.10. The number of methoxy groups -OCH3 is 1. The van der Waals surface area contributed by atoms with Crippen LogP contribution in [0, 0.1) is 5.92 Å². The summed E-state index contributed by atoms with van der Waals surface area (Å²) in [6.07, 6.45) is 1.95. The van der Waals surface area contributed by atoms with E-state index in [0.29, 0.717) is 41.5 Å². The predicted molar refractivity (Wildman–Crippen MR) is 133 cm³/mol. The highest BCUT2D eigenvalue weighted by molar-refractivity contribution is 5.97. The van der Waals surface area contributed by atoms with Gasteiger partial charge in [0.1, 0.15) is 11.6 Å². The van der Waals surface area contributed by atoms with Crippen LogP contribution in [0.2, 0.25) is 0 Å². The van der Waals surface area contributed by atoms with Crippen LogP contribution in [0.1, 0.15) is 56.2 Å². The van der Waals surface area contributed by atoms with E-state index in [9.17, 15) is 19.2 Å². The van der Waals surface area contributed by atoms with Crippen LogP contribution in [0.25, 0.3) is 11.2 Å². The van der Waals surface area contributed by atoms with E-state index in [1.54, 1.807) is 10.6 Å². The molecule has 188 valence electrons. The fourth-order valence-corrected chi connectivity index (χ4v) is 3.89. The van der Waals surface area contributed by atoms with E-state index < -0.39 is 17.2 Å². The third kappa shape index (κ3) is 5.79. The standard InChI is InChI=1S/C24H32N6O5/c1-5-6-11-29-22-20(23(33)28-24(29)34)30(13-14(2)3)18(27-22)9-10-19(31)26-16-12-15(21(25)32)7-8-17(16)35-4/h7-8,12,14H,5-6,9-11,13H2,1-4H3,(H2,25,32)(H,26,31)(H,28,33,34). The number of unbranched alkanes of at least 4 members (excludes halogenated alkanes) is 1. The van der Waals surface area contributed by atoms with Crippen LogP contribution >= 0.6 is 0 Å². The summed E-state index contributed by atoms with van der Waals surface area (Å²) >= 11 is 0. The number of anilines is 1. The van der Waals surface area contributed by atoms with Gasteiger partial charge in [-0.15, -0.1) is 0 Å². The molecule has 3 rings (SSSR count). The van der Waals surface area contributed by atoms with Gasteiger partial charge in [0.25, 0.3) is 5.56 Å². The molecule has 35 heavy (non-hydrogen) atoms. The van der Waals surface area contributed by atoms with Crippen LogP contribution in [0.4, 0.5) is 5.69 Å². The van der Waals surface area contributed by atoms with Gasteiger partial charge in [-0.3, -0.25) is 23.9 Å². The van der Waals surface area contributed by atoms with Crippen molar-refractivity contribution in [1.82, 2.24) is 19.1 Å². The number of aromatic nitrogens is 4. The molecule has 0 fully saturated rings. The molecule has 0 radical (unpaired) electrons. The van der Waals surface area contributed by atoms with Gasteiger partial charge in [0.05, 0.1) is 12.8 Å². The van der Waals surface area contributed by atoms with Crippen LogP contribution in [0.5, 0.6) is 5.75 Å². The van der Waals surface area contributed by atoms with Gasteiger partial charge in [0.15, 0.2) is 11.2 Å². The van der Waals surface area contributed by atoms with E-state index >= 15 is 0 Å². The summed E-state index contributed by atoms with van der Waals surface area (Å²) in [7, 11) is 1.46. The number of imidazole rings is 1. The molecule has 2 amide bonds. The fraction of sp³-hybridized carbons (Fsp3) is 0.458. The van der Waals surface area contributed by atoms with Crippen molar-refractivity contribution in [1.29, 1.82) is 0 Å². The molecule has 2 aromatic heterocycles. The minimum absolute atomic E-state index is 0.0580. The first-order chi connectivity index (χ1) is 16.7. The monoisotopic (exact) mass is 484 g/mol. The number of amides is 2. The second-order valence-electron chi connectivity index (χ2n) is 8.80. The number of aryl methyl sites for hydroxylation is 2. The minimum Gasteiger partial charge on any atom is -0.495 e. The highest BCUT2D eigenvalue weighted by Crippen LogP contribution is 2.26. The Balaban J connectivity index is 1.92. The number of primary amides is 1. The minimum atomic E-state index is -0.620. The molecule has 11 nitrogen and oxygen atoms in total. The molecular formula is C24H32N6O5. The van der Waals surface area contributed by atoms with Crippen LogP contribution in [0.3, 0.4) is 0 Å². The van der Waals surface area contributed by atoms with Gasteiger partial charge in [0, 0.05) is 31.5 Å². The van der Waals surface area contributed by atoms with Gasteiger partial charge in [-0.1, -0.05) is 27.2 Å². The molecule has 0 unspecified atom stereocenters. The maximum Gasteiger partial charge on any atom is 0.330 e. The van der Waals surface area contributed by atoms with Crippen molar-refractivity contribution in [3.63, 3.8) is 0 Å². The first-order valence-electron chi connectivity index (χ1n) is 11.7. The zero-order valence-corrected chi connectivity index (χ0v) is 20.5. The lowest BCUT2D eigenvalue weighted by Crippen LogP contribution is -2.31. The van der Waals surface area contributed by atoms with Gasteiger partial charge >= 0.3 is 5.69 Å². The summed E-state index contributed by atoms with van der Waals surface area (Å²) in [5.74, 6) is 0.191. The SMILES string of the molecule is CCCCn1c(=O)[nH]c(=O)c2c1nc(CCC(=O)Nc1cc(C(N)=O)ccc1OC)n2CC(C)C. The van der Waals surface area contributed by atoms with E-state index in [1.807, 2.05) is 20.8 Å². The van der Waals surface area contributed by atoms with Crippen LogP contribution in [0.15, 0.2) is 27.8 Å². The lowest BCUT2D eigenvalue weighted by atomic mass is 10.1. The number of nitrogens with one attached hydrogen (secondary N) is 2. The molecular weight excluding hydrogens is 452 g/mol. The molecule has 1 aromatic carbocycles. The molecule has 2 heterocycles. The molecule has 0 saturated heterocycles. The fourth-order valence-electron chi connectivity index (χ4n) is 3.89. The van der Waals surface area contributed by atoms with Crippen LogP contribution in [-0.4, -0.2) is 38.0 Å². The first kappa shape index (κ1) is 25.7. The Morgan fingerprint density at radius 2 is 1.97 bits per heavy atom. The summed E-state index contributed by atoms with van der Waals surface area (Å²) in [5.41, 5.74) is 5.60. The van der Waals surface area contributed by atoms with Crippen molar-refractivity contribution in [3.05, 3.63) is 50.4 Å². The lowest BCUT2D eigenvalue weighted by Gasteiger charge is -2.13. The topological polar surface area (TPSA) is 154 Å². The average Bonchev–Trinajstić information content (AvgIpc) is 3.15. The van der Waals surface area contributed by atoms with Crippen molar-refractivity contribution in [2.75, 3.05) is 12.4 Å². The first-order valence-corrected chi connectivity index (χ1v) is 11.7. The maximum atomic E-state index is 12.8. The molecule has 0 saturated carbocycles. The number of aromatic amines is 1. The number of nitrogens with zero attached hydrogens (tertiary/aromatic N) is 3. The quantitative estimate of drug-likeness (QED) is 0.378. The lowest BCUT2D eigenvalue weighted by molar-refractivity contribution is -0.116. The Bertz CT molecular complexity index is 1350. The largest absolute Gasteiger partial charge is 0.495 e. The molecule has 3 aromatic rings.